The first-order valence-electron chi connectivity index (χ1n) is 4.10. The van der Waals surface area contributed by atoms with Crippen LogP contribution in [0.3, 0.4) is 0 Å². The molecule has 0 N–H and O–H groups in total. The Morgan fingerprint density at radius 3 is 2.91 bits per heavy atom. The molecule has 0 aliphatic rings. The van der Waals surface area contributed by atoms with Gasteiger partial charge in [-0.2, -0.15) is 0 Å². The molecule has 1 aromatic heterocycles. The van der Waals surface area contributed by atoms with E-state index >= 15 is 0 Å². The van der Waals surface area contributed by atoms with Gasteiger partial charge in [0.1, 0.15) is 5.76 Å². The minimum absolute atomic E-state index is 0.995. The Balaban J connectivity index is 2.04. The first kappa shape index (κ1) is 8.31. The van der Waals surface area contributed by atoms with Crippen molar-refractivity contribution in [3.8, 4) is 0 Å². The molecule has 1 aromatic rings. The van der Waals surface area contributed by atoms with Crippen molar-refractivity contribution in [2.75, 3.05) is 0 Å². The largest absolute Gasteiger partial charge is 0.449 e. The van der Waals surface area contributed by atoms with E-state index in [0.717, 1.165) is 18.6 Å². The molecule has 0 saturated carbocycles. The molecule has 1 radical (unpaired) electrons. The Kier molecular flexibility index (Phi) is 3.73. The summed E-state index contributed by atoms with van der Waals surface area (Å²) in [6, 6.07) is 0. The first-order valence-corrected chi connectivity index (χ1v) is 4.10. The monoisotopic (exact) mass is 152 g/mol. The van der Waals surface area contributed by atoms with Gasteiger partial charge in [0.2, 0.25) is 0 Å². The van der Waals surface area contributed by atoms with Gasteiger partial charge in [-0.1, -0.05) is 26.2 Å². The minimum Gasteiger partial charge on any atom is -0.449 e. The number of hydrogen-bond acceptors (Lipinski definition) is 2. The van der Waals surface area contributed by atoms with Gasteiger partial charge < -0.3 is 4.42 Å². The fourth-order valence-corrected chi connectivity index (χ4v) is 1.02. The van der Waals surface area contributed by atoms with Crippen molar-refractivity contribution < 1.29 is 4.42 Å². The highest BCUT2D eigenvalue weighted by Gasteiger charge is 1.94. The first-order chi connectivity index (χ1) is 5.43. The van der Waals surface area contributed by atoms with Gasteiger partial charge in [0.25, 0.3) is 0 Å². The van der Waals surface area contributed by atoms with Gasteiger partial charge in [-0.25, -0.2) is 4.98 Å². The van der Waals surface area contributed by atoms with Crippen LogP contribution >= 0.6 is 0 Å². The molecule has 0 spiro atoms. The maximum atomic E-state index is 5.09. The van der Waals surface area contributed by atoms with Gasteiger partial charge in [-0.3, -0.25) is 0 Å². The van der Waals surface area contributed by atoms with Crippen LogP contribution < -0.4 is 0 Å². The van der Waals surface area contributed by atoms with E-state index in [9.17, 15) is 0 Å². The Morgan fingerprint density at radius 2 is 2.27 bits per heavy atom. The van der Waals surface area contributed by atoms with Crippen molar-refractivity contribution in [3.05, 3.63) is 25.3 Å². The number of nitrogens with zero attached hydrogens (tertiary/aromatic N) is 1. The van der Waals surface area contributed by atoms with E-state index in [2.05, 4.69) is 11.9 Å². The quantitative estimate of drug-likeness (QED) is 0.606. The zero-order valence-electron chi connectivity index (χ0n) is 6.75. The van der Waals surface area contributed by atoms with E-state index in [1.54, 1.807) is 6.20 Å². The summed E-state index contributed by atoms with van der Waals surface area (Å²) in [7, 11) is 0. The molecular formula is C9H14NO. The number of oxazole rings is 1. The summed E-state index contributed by atoms with van der Waals surface area (Å²) in [6.45, 7) is 3.78. The summed E-state index contributed by atoms with van der Waals surface area (Å²) in [5, 5.41) is 0. The normalized spacial score (nSPS) is 10.3. The van der Waals surface area contributed by atoms with Crippen molar-refractivity contribution in [1.82, 2.24) is 4.98 Å². The van der Waals surface area contributed by atoms with E-state index in [0.29, 0.717) is 0 Å². The molecule has 0 unspecified atom stereocenters. The highest BCUT2D eigenvalue weighted by atomic mass is 16.3. The summed E-state index contributed by atoms with van der Waals surface area (Å²) >= 11 is 0. The summed E-state index contributed by atoms with van der Waals surface area (Å²) < 4.78 is 5.09. The Morgan fingerprint density at radius 1 is 1.36 bits per heavy atom. The highest BCUT2D eigenvalue weighted by Crippen LogP contribution is 2.05. The molecule has 2 heteroatoms. The summed E-state index contributed by atoms with van der Waals surface area (Å²) in [6.07, 6.45) is 8.96. The van der Waals surface area contributed by atoms with E-state index < -0.39 is 0 Å². The predicted octanol–water partition coefficient (Wildman–Crippen LogP) is 2.61. The van der Waals surface area contributed by atoms with E-state index in [-0.39, 0.29) is 0 Å². The third kappa shape index (κ3) is 3.21. The predicted molar refractivity (Wildman–Crippen MR) is 44.0 cm³/mol. The van der Waals surface area contributed by atoms with E-state index in [1.165, 1.54) is 25.7 Å². The molecule has 0 bridgehead atoms. The van der Waals surface area contributed by atoms with Gasteiger partial charge in [-0.05, 0) is 6.42 Å². The molecular weight excluding hydrogens is 138 g/mol. The lowest BCUT2D eigenvalue weighted by atomic mass is 10.1. The standard InChI is InChI=1S/C9H14NO/c1-2-3-4-5-6-9-7-10-8-11-9/h7-8H,1-6H2. The lowest BCUT2D eigenvalue weighted by Gasteiger charge is -1.94. The second-order valence-corrected chi connectivity index (χ2v) is 2.63. The third-order valence-corrected chi connectivity index (χ3v) is 1.66. The number of aryl methyl sites for hydroxylation is 1. The van der Waals surface area contributed by atoms with E-state index in [1.807, 2.05) is 0 Å². The van der Waals surface area contributed by atoms with Crippen LogP contribution in [0.25, 0.3) is 0 Å². The van der Waals surface area contributed by atoms with Crippen LogP contribution in [0.1, 0.15) is 31.4 Å². The summed E-state index contributed by atoms with van der Waals surface area (Å²) in [5.74, 6) is 0.995. The number of hydrogen-bond donors (Lipinski definition) is 0. The molecule has 0 aliphatic heterocycles. The molecule has 0 amide bonds. The Bertz CT molecular complexity index is 170. The van der Waals surface area contributed by atoms with Crippen LogP contribution in [-0.4, -0.2) is 4.98 Å². The molecule has 2 nitrogen and oxygen atoms in total. The lowest BCUT2D eigenvalue weighted by Crippen LogP contribution is -1.81. The minimum atomic E-state index is 0.995. The summed E-state index contributed by atoms with van der Waals surface area (Å²) in [5.41, 5.74) is 0. The van der Waals surface area contributed by atoms with Crippen LogP contribution in [0.2, 0.25) is 0 Å². The van der Waals surface area contributed by atoms with Gasteiger partial charge in [-0.15, -0.1) is 0 Å². The topological polar surface area (TPSA) is 26.0 Å². The Labute approximate surface area is 67.6 Å². The Hall–Kier alpha value is -0.790. The van der Waals surface area contributed by atoms with Gasteiger partial charge in [0, 0.05) is 6.42 Å². The molecule has 11 heavy (non-hydrogen) atoms. The van der Waals surface area contributed by atoms with Crippen molar-refractivity contribution >= 4 is 0 Å². The summed E-state index contributed by atoms with van der Waals surface area (Å²) in [4.78, 5) is 3.84. The van der Waals surface area contributed by atoms with Crippen molar-refractivity contribution in [2.24, 2.45) is 0 Å². The van der Waals surface area contributed by atoms with Crippen molar-refractivity contribution in [1.29, 1.82) is 0 Å². The SMILES string of the molecule is [CH2]CCCCCc1cnco1. The lowest BCUT2D eigenvalue weighted by molar-refractivity contribution is 0.491. The van der Waals surface area contributed by atoms with Crippen LogP contribution in [0.5, 0.6) is 0 Å². The smallest absolute Gasteiger partial charge is 0.180 e. The van der Waals surface area contributed by atoms with Gasteiger partial charge in [0.15, 0.2) is 6.39 Å². The van der Waals surface area contributed by atoms with Crippen LogP contribution in [0, 0.1) is 6.92 Å². The molecule has 1 heterocycles. The number of unbranched alkanes of at least 4 members (excludes halogenated alkanes) is 3. The zero-order valence-corrected chi connectivity index (χ0v) is 6.75. The maximum absolute atomic E-state index is 5.09. The highest BCUT2D eigenvalue weighted by molar-refractivity contribution is 4.87. The molecule has 1 rings (SSSR count). The molecule has 0 fully saturated rings. The average Bonchev–Trinajstić information content (AvgIpc) is 2.50. The van der Waals surface area contributed by atoms with E-state index in [4.69, 9.17) is 4.42 Å². The average molecular weight is 152 g/mol. The molecule has 0 saturated heterocycles. The molecule has 0 atom stereocenters. The zero-order chi connectivity index (χ0) is 7.94. The third-order valence-electron chi connectivity index (χ3n) is 1.66. The second kappa shape index (κ2) is 4.94. The van der Waals surface area contributed by atoms with Crippen LogP contribution in [-0.2, 0) is 6.42 Å². The molecule has 0 aliphatic carbocycles. The van der Waals surface area contributed by atoms with Crippen LogP contribution in [0.15, 0.2) is 17.0 Å². The molecule has 61 valence electrons. The number of rotatable bonds is 5. The fourth-order valence-electron chi connectivity index (χ4n) is 1.02. The fraction of sp³-hybridized carbons (Fsp3) is 0.556. The van der Waals surface area contributed by atoms with Crippen molar-refractivity contribution in [2.45, 2.75) is 32.1 Å². The maximum Gasteiger partial charge on any atom is 0.180 e. The second-order valence-electron chi connectivity index (χ2n) is 2.63. The van der Waals surface area contributed by atoms with Gasteiger partial charge in [0.05, 0.1) is 6.20 Å². The van der Waals surface area contributed by atoms with Crippen LogP contribution in [0.4, 0.5) is 0 Å². The molecule has 0 aromatic carbocycles. The van der Waals surface area contributed by atoms with Gasteiger partial charge >= 0.3 is 0 Å². The number of aromatic nitrogens is 1. The van der Waals surface area contributed by atoms with Crippen molar-refractivity contribution in [3.63, 3.8) is 0 Å².